The molecular formula is C18H12BrF3N2O3. The lowest BCUT2D eigenvalue weighted by molar-refractivity contribution is -0.123. The fourth-order valence-corrected chi connectivity index (χ4v) is 2.82. The Morgan fingerprint density at radius 3 is 2.48 bits per heavy atom. The summed E-state index contributed by atoms with van der Waals surface area (Å²) in [6.45, 7) is -1.43. The lowest BCUT2D eigenvalue weighted by Crippen LogP contribution is -2.33. The molecule has 0 fully saturated rings. The molecule has 2 aromatic carbocycles. The average Bonchev–Trinajstić information content (AvgIpc) is 3.05. The fraction of sp³-hybridized carbons (Fsp3) is 0.111. The number of fused-ring (bicyclic) bond motifs is 1. The minimum absolute atomic E-state index is 0.00981. The van der Waals surface area contributed by atoms with E-state index < -0.39 is 24.5 Å². The first-order valence-electron chi connectivity index (χ1n) is 7.67. The van der Waals surface area contributed by atoms with Crippen LogP contribution in [0.5, 0.6) is 0 Å². The van der Waals surface area contributed by atoms with Gasteiger partial charge in [-0.1, -0.05) is 18.2 Å². The summed E-state index contributed by atoms with van der Waals surface area (Å²) >= 11 is 3.33. The molecule has 3 aromatic rings. The van der Waals surface area contributed by atoms with Crippen molar-refractivity contribution in [3.8, 4) is 0 Å². The monoisotopic (exact) mass is 440 g/mol. The number of nitrogens with one attached hydrogen (secondary N) is 2. The zero-order chi connectivity index (χ0) is 19.6. The van der Waals surface area contributed by atoms with E-state index in [0.717, 1.165) is 5.39 Å². The first-order valence-corrected chi connectivity index (χ1v) is 8.47. The molecule has 0 spiro atoms. The number of furan rings is 1. The van der Waals surface area contributed by atoms with Crippen LogP contribution in [0, 0.1) is 0 Å². The molecule has 27 heavy (non-hydrogen) atoms. The van der Waals surface area contributed by atoms with Crippen LogP contribution in [-0.2, 0) is 0 Å². The second kappa shape index (κ2) is 7.43. The molecule has 0 aliphatic carbocycles. The molecule has 0 atom stereocenters. The Morgan fingerprint density at radius 2 is 1.78 bits per heavy atom. The van der Waals surface area contributed by atoms with Gasteiger partial charge >= 0.3 is 6.18 Å². The van der Waals surface area contributed by atoms with Crippen LogP contribution >= 0.6 is 15.9 Å². The molecule has 1 heterocycles. The van der Waals surface area contributed by atoms with E-state index >= 15 is 0 Å². The standard InChI is InChI=1S/C18H12BrF3N2O3/c19-13-6-2-3-10-8-14(27-15(10)13)17(26)24-12-5-1-4-11(7-12)16(25)23-9-18(20,21)22/h1-8H,9H2,(H,23,25)(H,24,26). The number of hydrogen-bond acceptors (Lipinski definition) is 3. The number of amides is 2. The number of alkyl halides is 3. The van der Waals surface area contributed by atoms with E-state index in [4.69, 9.17) is 4.42 Å². The number of para-hydroxylation sites is 1. The smallest absolute Gasteiger partial charge is 0.405 e. The summed E-state index contributed by atoms with van der Waals surface area (Å²) in [7, 11) is 0. The fourth-order valence-electron chi connectivity index (χ4n) is 2.35. The second-order valence-corrected chi connectivity index (χ2v) is 6.46. The van der Waals surface area contributed by atoms with Gasteiger partial charge in [0.25, 0.3) is 11.8 Å². The van der Waals surface area contributed by atoms with Gasteiger partial charge in [0.05, 0.1) is 4.47 Å². The predicted octanol–water partition coefficient (Wildman–Crippen LogP) is 4.74. The van der Waals surface area contributed by atoms with Crippen LogP contribution in [0.15, 0.2) is 57.4 Å². The highest BCUT2D eigenvalue weighted by Gasteiger charge is 2.28. The molecule has 0 saturated carbocycles. The zero-order valence-corrected chi connectivity index (χ0v) is 15.1. The van der Waals surface area contributed by atoms with Gasteiger partial charge in [0, 0.05) is 16.6 Å². The molecule has 0 bridgehead atoms. The van der Waals surface area contributed by atoms with E-state index in [9.17, 15) is 22.8 Å². The third kappa shape index (κ3) is 4.68. The number of carbonyl (C=O) groups is 2. The summed E-state index contributed by atoms with van der Waals surface area (Å²) in [5.74, 6) is -1.38. The number of anilines is 1. The van der Waals surface area contributed by atoms with Crippen LogP contribution in [0.3, 0.4) is 0 Å². The number of hydrogen-bond donors (Lipinski definition) is 2. The van der Waals surface area contributed by atoms with E-state index in [2.05, 4.69) is 21.2 Å². The van der Waals surface area contributed by atoms with E-state index in [0.29, 0.717) is 10.1 Å². The Kier molecular flexibility index (Phi) is 5.22. The van der Waals surface area contributed by atoms with Crippen molar-refractivity contribution >= 4 is 44.4 Å². The van der Waals surface area contributed by atoms with Crippen molar-refractivity contribution in [2.45, 2.75) is 6.18 Å². The summed E-state index contributed by atoms with van der Waals surface area (Å²) in [5.41, 5.74) is 0.756. The minimum atomic E-state index is -4.50. The van der Waals surface area contributed by atoms with Crippen molar-refractivity contribution in [2.24, 2.45) is 0 Å². The van der Waals surface area contributed by atoms with Crippen molar-refractivity contribution in [3.05, 3.63) is 64.3 Å². The summed E-state index contributed by atoms with van der Waals surface area (Å²) in [6, 6.07) is 12.5. The van der Waals surface area contributed by atoms with Gasteiger partial charge in [-0.05, 0) is 46.3 Å². The highest BCUT2D eigenvalue weighted by atomic mass is 79.9. The van der Waals surface area contributed by atoms with Crippen LogP contribution in [0.25, 0.3) is 11.0 Å². The molecule has 2 N–H and O–H groups in total. The van der Waals surface area contributed by atoms with Crippen molar-refractivity contribution in [1.29, 1.82) is 0 Å². The van der Waals surface area contributed by atoms with Gasteiger partial charge in [-0.3, -0.25) is 9.59 Å². The Bertz CT molecular complexity index is 1010. The lowest BCUT2D eigenvalue weighted by Gasteiger charge is -2.09. The maximum atomic E-state index is 12.4. The zero-order valence-electron chi connectivity index (χ0n) is 13.6. The van der Waals surface area contributed by atoms with E-state index in [1.165, 1.54) is 24.3 Å². The van der Waals surface area contributed by atoms with Crippen LogP contribution in [0.2, 0.25) is 0 Å². The largest absolute Gasteiger partial charge is 0.450 e. The SMILES string of the molecule is O=C(NCC(F)(F)F)c1cccc(NC(=O)c2cc3cccc(Br)c3o2)c1. The van der Waals surface area contributed by atoms with Gasteiger partial charge in [-0.25, -0.2) is 0 Å². The first kappa shape index (κ1) is 19.0. The van der Waals surface area contributed by atoms with Crippen molar-refractivity contribution in [1.82, 2.24) is 5.32 Å². The maximum absolute atomic E-state index is 12.4. The van der Waals surface area contributed by atoms with Gasteiger partial charge in [0.2, 0.25) is 0 Å². The lowest BCUT2D eigenvalue weighted by atomic mass is 10.2. The normalized spacial score (nSPS) is 11.4. The van der Waals surface area contributed by atoms with Gasteiger partial charge in [-0.15, -0.1) is 0 Å². The molecule has 0 radical (unpaired) electrons. The predicted molar refractivity (Wildman–Crippen MR) is 96.7 cm³/mol. The molecule has 1 aromatic heterocycles. The highest BCUT2D eigenvalue weighted by Crippen LogP contribution is 2.27. The summed E-state index contributed by atoms with van der Waals surface area (Å²) < 4.78 is 42.8. The molecule has 0 unspecified atom stereocenters. The molecule has 0 saturated heterocycles. The Morgan fingerprint density at radius 1 is 1.04 bits per heavy atom. The molecule has 3 rings (SSSR count). The average molecular weight is 441 g/mol. The molecule has 2 amide bonds. The first-order chi connectivity index (χ1) is 12.7. The molecular weight excluding hydrogens is 429 g/mol. The minimum Gasteiger partial charge on any atom is -0.450 e. The van der Waals surface area contributed by atoms with Crippen molar-refractivity contribution < 1.29 is 27.2 Å². The third-order valence-corrected chi connectivity index (χ3v) is 4.18. The van der Waals surface area contributed by atoms with E-state index in [-0.39, 0.29) is 17.0 Å². The van der Waals surface area contributed by atoms with Crippen LogP contribution < -0.4 is 10.6 Å². The van der Waals surface area contributed by atoms with Crippen molar-refractivity contribution in [3.63, 3.8) is 0 Å². The second-order valence-electron chi connectivity index (χ2n) is 5.60. The van der Waals surface area contributed by atoms with E-state index in [1.54, 1.807) is 29.6 Å². The molecule has 140 valence electrons. The van der Waals surface area contributed by atoms with Crippen LogP contribution in [0.1, 0.15) is 20.9 Å². The Balaban J connectivity index is 1.74. The Hall–Kier alpha value is -2.81. The van der Waals surface area contributed by atoms with Gasteiger partial charge in [-0.2, -0.15) is 13.2 Å². The van der Waals surface area contributed by atoms with Crippen LogP contribution in [-0.4, -0.2) is 24.5 Å². The van der Waals surface area contributed by atoms with Crippen molar-refractivity contribution in [2.75, 3.05) is 11.9 Å². The highest BCUT2D eigenvalue weighted by molar-refractivity contribution is 9.10. The van der Waals surface area contributed by atoms with Gasteiger partial charge in [0.15, 0.2) is 5.76 Å². The molecule has 9 heteroatoms. The maximum Gasteiger partial charge on any atom is 0.405 e. The van der Waals surface area contributed by atoms with Crippen LogP contribution in [0.4, 0.5) is 18.9 Å². The van der Waals surface area contributed by atoms with Gasteiger partial charge < -0.3 is 15.1 Å². The summed E-state index contributed by atoms with van der Waals surface area (Å²) in [4.78, 5) is 24.2. The van der Waals surface area contributed by atoms with Gasteiger partial charge in [0.1, 0.15) is 12.1 Å². The summed E-state index contributed by atoms with van der Waals surface area (Å²) in [5, 5.41) is 5.06. The molecule has 0 aliphatic rings. The number of halogens is 4. The molecule has 5 nitrogen and oxygen atoms in total. The summed E-state index contributed by atoms with van der Waals surface area (Å²) in [6.07, 6.45) is -4.50. The number of benzene rings is 2. The third-order valence-electron chi connectivity index (χ3n) is 3.55. The topological polar surface area (TPSA) is 71.3 Å². The Labute approximate surface area is 159 Å². The molecule has 0 aliphatic heterocycles. The number of carbonyl (C=O) groups excluding carboxylic acids is 2. The number of rotatable bonds is 4. The quantitative estimate of drug-likeness (QED) is 0.615. The van der Waals surface area contributed by atoms with E-state index in [1.807, 2.05) is 0 Å².